The maximum atomic E-state index is 2.47. The number of benzene rings is 13. The molecule has 4 nitrogen and oxygen atoms in total. The molecule has 0 unspecified atom stereocenters. The van der Waals surface area contributed by atoms with Crippen molar-refractivity contribution in [3.8, 4) is 56.1 Å². The summed E-state index contributed by atoms with van der Waals surface area (Å²) in [5.41, 5.74) is 21.3. The zero-order valence-corrected chi connectivity index (χ0v) is 43.5. The molecule has 0 aliphatic carbocycles. The highest BCUT2D eigenvalue weighted by molar-refractivity contribution is 6.16. The molecule has 0 atom stereocenters. The molecule has 4 heteroatoms. The van der Waals surface area contributed by atoms with Gasteiger partial charge in [-0.15, -0.1) is 0 Å². The predicted octanol–water partition coefficient (Wildman–Crippen LogP) is 20.2. The van der Waals surface area contributed by atoms with Crippen LogP contribution in [0.1, 0.15) is 0 Å². The molecule has 17 rings (SSSR count). The van der Waals surface area contributed by atoms with E-state index in [1.165, 1.54) is 131 Å². The zero-order chi connectivity index (χ0) is 52.4. The van der Waals surface area contributed by atoms with E-state index in [1.807, 2.05) is 0 Å². The Morgan fingerprint density at radius 3 is 0.900 bits per heavy atom. The van der Waals surface area contributed by atoms with Crippen molar-refractivity contribution in [2.45, 2.75) is 0 Å². The standard InChI is InChI=1S/C76H48N4/c1-4-19-55(20-5-1)77-69-29-15-12-26-60(69)65-43-49(33-38-72(65)77)51-36-41-75-67(45-51)62-28-14-17-31-71(62)80(75)58-42-53-18-10-11-25-59(53)64(48-58)54-32-37-63-68-46-52(35-40-74(68)79(76(63)47-54)57-23-8-3-9-24-57)50-34-39-73-66(44-50)61-27-13-16-30-70(61)78(73)56-21-6-2-7-22-56/h1-48H. The van der Waals surface area contributed by atoms with E-state index < -0.39 is 0 Å². The highest BCUT2D eigenvalue weighted by Gasteiger charge is 2.21. The second kappa shape index (κ2) is 17.4. The average molecular weight is 1020 g/mol. The molecule has 0 spiro atoms. The van der Waals surface area contributed by atoms with E-state index in [2.05, 4.69) is 309 Å². The molecule has 0 N–H and O–H groups in total. The Labute approximate surface area is 461 Å². The Balaban J connectivity index is 0.812. The summed E-state index contributed by atoms with van der Waals surface area (Å²) in [7, 11) is 0. The van der Waals surface area contributed by atoms with Crippen LogP contribution in [0.4, 0.5) is 0 Å². The van der Waals surface area contributed by atoms with Crippen molar-refractivity contribution in [1.29, 1.82) is 0 Å². The monoisotopic (exact) mass is 1020 g/mol. The van der Waals surface area contributed by atoms with Crippen LogP contribution in [0.2, 0.25) is 0 Å². The van der Waals surface area contributed by atoms with Gasteiger partial charge >= 0.3 is 0 Å². The third-order valence-electron chi connectivity index (χ3n) is 16.9. The van der Waals surface area contributed by atoms with E-state index in [4.69, 9.17) is 0 Å². The van der Waals surface area contributed by atoms with Crippen LogP contribution >= 0.6 is 0 Å². The van der Waals surface area contributed by atoms with Gasteiger partial charge in [-0.2, -0.15) is 0 Å². The van der Waals surface area contributed by atoms with Crippen molar-refractivity contribution < 1.29 is 0 Å². The molecule has 0 radical (unpaired) electrons. The van der Waals surface area contributed by atoms with Crippen molar-refractivity contribution >= 4 is 98.0 Å². The van der Waals surface area contributed by atoms with Crippen LogP contribution < -0.4 is 0 Å². The number of hydrogen-bond acceptors (Lipinski definition) is 0. The second-order valence-electron chi connectivity index (χ2n) is 21.3. The lowest BCUT2D eigenvalue weighted by Crippen LogP contribution is -1.96. The van der Waals surface area contributed by atoms with Crippen molar-refractivity contribution in [3.63, 3.8) is 0 Å². The summed E-state index contributed by atoms with van der Waals surface area (Å²) < 4.78 is 9.69. The van der Waals surface area contributed by atoms with Crippen LogP contribution in [-0.2, 0) is 0 Å². The molecular formula is C76H48N4. The van der Waals surface area contributed by atoms with Gasteiger partial charge in [0, 0.05) is 65.8 Å². The molecule has 0 bridgehead atoms. The van der Waals surface area contributed by atoms with Crippen molar-refractivity contribution in [3.05, 3.63) is 291 Å². The normalized spacial score (nSPS) is 12.0. The lowest BCUT2D eigenvalue weighted by molar-refractivity contribution is 1.18. The van der Waals surface area contributed by atoms with Gasteiger partial charge in [0.05, 0.1) is 44.1 Å². The molecule has 0 saturated heterocycles. The molecule has 372 valence electrons. The highest BCUT2D eigenvalue weighted by atomic mass is 15.0. The van der Waals surface area contributed by atoms with Crippen molar-refractivity contribution in [1.82, 2.24) is 18.3 Å². The number of para-hydroxylation sites is 6. The molecule has 4 heterocycles. The summed E-state index contributed by atoms with van der Waals surface area (Å²) in [6.07, 6.45) is 0. The summed E-state index contributed by atoms with van der Waals surface area (Å²) in [5, 5.41) is 12.3. The second-order valence-corrected chi connectivity index (χ2v) is 21.3. The Morgan fingerprint density at radius 2 is 0.475 bits per heavy atom. The van der Waals surface area contributed by atoms with Gasteiger partial charge in [0.15, 0.2) is 0 Å². The first-order valence-electron chi connectivity index (χ1n) is 27.6. The average Bonchev–Trinajstić information content (AvgIpc) is 4.32. The lowest BCUT2D eigenvalue weighted by atomic mass is 9.96. The number of aromatic nitrogens is 4. The lowest BCUT2D eigenvalue weighted by Gasteiger charge is -2.15. The third kappa shape index (κ3) is 6.69. The maximum absolute atomic E-state index is 2.47. The molecule has 0 fully saturated rings. The zero-order valence-electron chi connectivity index (χ0n) is 43.5. The minimum atomic E-state index is 1.13. The van der Waals surface area contributed by atoms with E-state index in [0.29, 0.717) is 0 Å². The van der Waals surface area contributed by atoms with Crippen LogP contribution in [0.15, 0.2) is 291 Å². The first-order valence-corrected chi connectivity index (χ1v) is 27.6. The van der Waals surface area contributed by atoms with Gasteiger partial charge in [-0.3, -0.25) is 0 Å². The highest BCUT2D eigenvalue weighted by Crippen LogP contribution is 2.43. The van der Waals surface area contributed by atoms with E-state index >= 15 is 0 Å². The molecule has 4 aromatic heterocycles. The van der Waals surface area contributed by atoms with E-state index in [9.17, 15) is 0 Å². The Morgan fingerprint density at radius 1 is 0.163 bits per heavy atom. The van der Waals surface area contributed by atoms with Gasteiger partial charge in [0.2, 0.25) is 0 Å². The summed E-state index contributed by atoms with van der Waals surface area (Å²) >= 11 is 0. The Hall–Kier alpha value is -10.7. The molecule has 0 amide bonds. The topological polar surface area (TPSA) is 19.7 Å². The summed E-state index contributed by atoms with van der Waals surface area (Å²) in [6, 6.07) is 107. The summed E-state index contributed by atoms with van der Waals surface area (Å²) in [5.74, 6) is 0. The number of hydrogen-bond donors (Lipinski definition) is 0. The van der Waals surface area contributed by atoms with Crippen LogP contribution in [0.25, 0.3) is 154 Å². The predicted molar refractivity (Wildman–Crippen MR) is 338 cm³/mol. The summed E-state index contributed by atoms with van der Waals surface area (Å²) in [6.45, 7) is 0. The minimum Gasteiger partial charge on any atom is -0.309 e. The molecule has 80 heavy (non-hydrogen) atoms. The Kier molecular flexibility index (Phi) is 9.68. The number of fused-ring (bicyclic) bond motifs is 13. The van der Waals surface area contributed by atoms with E-state index in [0.717, 1.165) is 22.7 Å². The first-order chi connectivity index (χ1) is 39.7. The van der Waals surface area contributed by atoms with E-state index in [1.54, 1.807) is 0 Å². The molecule has 0 saturated carbocycles. The van der Waals surface area contributed by atoms with Gasteiger partial charge in [-0.1, -0.05) is 170 Å². The quantitative estimate of drug-likeness (QED) is 0.152. The van der Waals surface area contributed by atoms with Crippen LogP contribution in [0, 0.1) is 0 Å². The fourth-order valence-electron chi connectivity index (χ4n) is 13.3. The SMILES string of the molecule is c1ccc(-n2c3ccccc3c3cc(-c4ccc5c(c4)c4ccccc4n5-c4cc(-c5ccc6c7cc(-c8ccc9c(c8)c8ccccc8n9-c8ccccc8)ccc7n(-c7ccccc7)c6c5)c5ccccc5c4)ccc32)cc1. The smallest absolute Gasteiger partial charge is 0.0547 e. The maximum Gasteiger partial charge on any atom is 0.0547 e. The minimum absolute atomic E-state index is 1.13. The molecule has 17 aromatic rings. The van der Waals surface area contributed by atoms with Crippen molar-refractivity contribution in [2.75, 3.05) is 0 Å². The van der Waals surface area contributed by atoms with Crippen LogP contribution in [0.3, 0.4) is 0 Å². The fourth-order valence-corrected chi connectivity index (χ4v) is 13.3. The fraction of sp³-hybridized carbons (Fsp3) is 0. The summed E-state index contributed by atoms with van der Waals surface area (Å²) in [4.78, 5) is 0. The molecule has 0 aliphatic heterocycles. The molecule has 0 aliphatic rings. The largest absolute Gasteiger partial charge is 0.309 e. The van der Waals surface area contributed by atoms with Gasteiger partial charge in [-0.05, 0) is 165 Å². The molecular weight excluding hydrogens is 969 g/mol. The van der Waals surface area contributed by atoms with Crippen LogP contribution in [0.5, 0.6) is 0 Å². The third-order valence-corrected chi connectivity index (χ3v) is 16.9. The number of nitrogens with zero attached hydrogens (tertiary/aromatic N) is 4. The number of rotatable bonds is 7. The molecule has 13 aromatic carbocycles. The van der Waals surface area contributed by atoms with Crippen molar-refractivity contribution in [2.24, 2.45) is 0 Å². The van der Waals surface area contributed by atoms with Crippen LogP contribution in [-0.4, -0.2) is 18.3 Å². The van der Waals surface area contributed by atoms with E-state index in [-0.39, 0.29) is 0 Å². The van der Waals surface area contributed by atoms with Gasteiger partial charge in [-0.25, -0.2) is 0 Å². The van der Waals surface area contributed by atoms with Gasteiger partial charge in [0.1, 0.15) is 0 Å². The Bertz CT molecular complexity index is 5340. The van der Waals surface area contributed by atoms with Gasteiger partial charge < -0.3 is 18.3 Å². The van der Waals surface area contributed by atoms with Gasteiger partial charge in [0.25, 0.3) is 0 Å². The first kappa shape index (κ1) is 44.4.